The molecule has 1 amide bonds. The number of unbranched alkanes of at least 4 members (excludes halogenated alkanes) is 2. The fourth-order valence-electron chi connectivity index (χ4n) is 2.54. The van der Waals surface area contributed by atoms with Gasteiger partial charge in [0.25, 0.3) is 0 Å². The van der Waals surface area contributed by atoms with Crippen LogP contribution < -0.4 is 19.5 Å². The molecule has 0 aromatic heterocycles. The fraction of sp³-hybridized carbons (Fsp3) is 0.318. The predicted octanol–water partition coefficient (Wildman–Crippen LogP) is 4.92. The number of amides is 1. The number of para-hydroxylation sites is 2. The first-order chi connectivity index (χ1) is 13.2. The van der Waals surface area contributed by atoms with E-state index < -0.39 is 0 Å². The number of anilines is 1. The molecule has 0 atom stereocenters. The van der Waals surface area contributed by atoms with Crippen LogP contribution in [0.5, 0.6) is 17.2 Å². The van der Waals surface area contributed by atoms with Crippen LogP contribution in [0.2, 0.25) is 0 Å². The van der Waals surface area contributed by atoms with E-state index in [0.29, 0.717) is 29.5 Å². The van der Waals surface area contributed by atoms with Crippen LogP contribution in [0, 0.1) is 0 Å². The average molecular weight is 369 g/mol. The molecule has 0 aliphatic heterocycles. The molecule has 2 aromatic carbocycles. The Labute approximate surface area is 161 Å². The molecule has 0 radical (unpaired) electrons. The van der Waals surface area contributed by atoms with Gasteiger partial charge >= 0.3 is 0 Å². The number of carbonyl (C=O) groups is 1. The zero-order valence-corrected chi connectivity index (χ0v) is 16.2. The molecule has 2 aromatic rings. The highest BCUT2D eigenvalue weighted by atomic mass is 16.5. The molecular weight excluding hydrogens is 342 g/mol. The van der Waals surface area contributed by atoms with Crippen molar-refractivity contribution in [3.8, 4) is 17.2 Å². The van der Waals surface area contributed by atoms with Gasteiger partial charge in [-0.15, -0.1) is 0 Å². The van der Waals surface area contributed by atoms with Crippen LogP contribution in [0.15, 0.2) is 48.5 Å². The van der Waals surface area contributed by atoms with Gasteiger partial charge in [-0.25, -0.2) is 0 Å². The van der Waals surface area contributed by atoms with Crippen molar-refractivity contribution in [2.24, 2.45) is 0 Å². The Bertz CT molecular complexity index is 771. The number of nitrogens with one attached hydrogen (secondary N) is 1. The van der Waals surface area contributed by atoms with Gasteiger partial charge in [0.2, 0.25) is 5.91 Å². The van der Waals surface area contributed by atoms with Crippen LogP contribution in [-0.4, -0.2) is 26.7 Å². The summed E-state index contributed by atoms with van der Waals surface area (Å²) >= 11 is 0. The Morgan fingerprint density at radius 3 is 2.52 bits per heavy atom. The molecule has 0 heterocycles. The third kappa shape index (κ3) is 6.37. The summed E-state index contributed by atoms with van der Waals surface area (Å²) in [5, 5.41) is 2.80. The van der Waals surface area contributed by atoms with E-state index in [9.17, 15) is 4.79 Å². The normalized spacial score (nSPS) is 10.6. The molecule has 0 bridgehead atoms. The van der Waals surface area contributed by atoms with Crippen molar-refractivity contribution >= 4 is 17.7 Å². The van der Waals surface area contributed by atoms with Crippen LogP contribution in [0.25, 0.3) is 6.08 Å². The first kappa shape index (κ1) is 20.4. The third-order valence-corrected chi connectivity index (χ3v) is 3.99. The number of ether oxygens (including phenoxy) is 3. The van der Waals surface area contributed by atoms with E-state index in [-0.39, 0.29) is 5.91 Å². The highest BCUT2D eigenvalue weighted by Gasteiger charge is 2.06. The van der Waals surface area contributed by atoms with Crippen molar-refractivity contribution < 1.29 is 19.0 Å². The van der Waals surface area contributed by atoms with Gasteiger partial charge < -0.3 is 19.5 Å². The molecule has 5 nitrogen and oxygen atoms in total. The average Bonchev–Trinajstić information content (AvgIpc) is 2.70. The summed E-state index contributed by atoms with van der Waals surface area (Å²) in [6, 6.07) is 12.9. The monoisotopic (exact) mass is 369 g/mol. The number of benzene rings is 2. The van der Waals surface area contributed by atoms with Crippen molar-refractivity contribution in [1.82, 2.24) is 0 Å². The van der Waals surface area contributed by atoms with E-state index in [1.54, 1.807) is 32.4 Å². The molecule has 2 rings (SSSR count). The molecule has 0 aliphatic carbocycles. The summed E-state index contributed by atoms with van der Waals surface area (Å²) in [5.74, 6) is 1.74. The number of methoxy groups -OCH3 is 2. The molecule has 0 aliphatic rings. The summed E-state index contributed by atoms with van der Waals surface area (Å²) in [5.41, 5.74) is 1.48. The van der Waals surface area contributed by atoms with E-state index in [0.717, 1.165) is 24.8 Å². The minimum Gasteiger partial charge on any atom is -0.495 e. The maximum Gasteiger partial charge on any atom is 0.248 e. The molecule has 0 unspecified atom stereocenters. The molecule has 0 fully saturated rings. The molecular formula is C22H27NO4. The zero-order chi connectivity index (χ0) is 19.5. The van der Waals surface area contributed by atoms with Crippen LogP contribution >= 0.6 is 0 Å². The SMILES string of the molecule is CCCCCOc1ccc(/C=C/C(=O)Nc2ccccc2OC)cc1OC. The lowest BCUT2D eigenvalue weighted by Crippen LogP contribution is -2.08. The third-order valence-electron chi connectivity index (χ3n) is 3.99. The van der Waals surface area contributed by atoms with Crippen molar-refractivity contribution in [2.45, 2.75) is 26.2 Å². The first-order valence-electron chi connectivity index (χ1n) is 9.10. The summed E-state index contributed by atoms with van der Waals surface area (Å²) in [6.45, 7) is 2.83. The van der Waals surface area contributed by atoms with Gasteiger partial charge in [0.15, 0.2) is 11.5 Å². The molecule has 0 saturated carbocycles. The van der Waals surface area contributed by atoms with Gasteiger partial charge in [-0.2, -0.15) is 0 Å². The lowest BCUT2D eigenvalue weighted by atomic mass is 10.2. The van der Waals surface area contributed by atoms with Crippen LogP contribution in [0.1, 0.15) is 31.7 Å². The Morgan fingerprint density at radius 2 is 1.78 bits per heavy atom. The lowest BCUT2D eigenvalue weighted by Gasteiger charge is -2.11. The summed E-state index contributed by atoms with van der Waals surface area (Å²) in [4.78, 5) is 12.2. The minimum absolute atomic E-state index is 0.238. The molecule has 1 N–H and O–H groups in total. The van der Waals surface area contributed by atoms with Gasteiger partial charge in [-0.3, -0.25) is 4.79 Å². The Hall–Kier alpha value is -2.95. The van der Waals surface area contributed by atoms with E-state index in [4.69, 9.17) is 14.2 Å². The highest BCUT2D eigenvalue weighted by Crippen LogP contribution is 2.29. The maximum absolute atomic E-state index is 12.2. The van der Waals surface area contributed by atoms with Crippen molar-refractivity contribution in [1.29, 1.82) is 0 Å². The second-order valence-electron chi connectivity index (χ2n) is 5.99. The summed E-state index contributed by atoms with van der Waals surface area (Å²) < 4.78 is 16.4. The quantitative estimate of drug-likeness (QED) is 0.477. The lowest BCUT2D eigenvalue weighted by molar-refractivity contribution is -0.111. The summed E-state index contributed by atoms with van der Waals surface area (Å²) in [7, 11) is 3.18. The molecule has 5 heteroatoms. The molecule has 27 heavy (non-hydrogen) atoms. The van der Waals surface area contributed by atoms with Crippen LogP contribution in [0.3, 0.4) is 0 Å². The van der Waals surface area contributed by atoms with Crippen molar-refractivity contribution in [3.05, 3.63) is 54.1 Å². The number of hydrogen-bond donors (Lipinski definition) is 1. The van der Waals surface area contributed by atoms with E-state index >= 15 is 0 Å². The van der Waals surface area contributed by atoms with Gasteiger partial charge in [0, 0.05) is 6.08 Å². The van der Waals surface area contributed by atoms with Crippen LogP contribution in [-0.2, 0) is 4.79 Å². The zero-order valence-electron chi connectivity index (χ0n) is 16.2. The smallest absolute Gasteiger partial charge is 0.248 e. The maximum atomic E-state index is 12.2. The standard InChI is InChI=1S/C22H27NO4/c1-4-5-8-15-27-20-13-11-17(16-21(20)26-3)12-14-22(24)23-18-9-6-7-10-19(18)25-2/h6-7,9-14,16H,4-5,8,15H2,1-3H3,(H,23,24)/b14-12+. The van der Waals surface area contributed by atoms with Crippen LogP contribution in [0.4, 0.5) is 5.69 Å². The van der Waals surface area contributed by atoms with E-state index in [1.165, 1.54) is 6.08 Å². The number of carbonyl (C=O) groups excluding carboxylic acids is 1. The number of hydrogen-bond acceptors (Lipinski definition) is 4. The van der Waals surface area contributed by atoms with Gasteiger partial charge in [0.1, 0.15) is 5.75 Å². The Balaban J connectivity index is 2.00. The van der Waals surface area contributed by atoms with Crippen molar-refractivity contribution in [3.63, 3.8) is 0 Å². The van der Waals surface area contributed by atoms with E-state index in [1.807, 2.05) is 30.3 Å². The molecule has 0 spiro atoms. The molecule has 0 saturated heterocycles. The highest BCUT2D eigenvalue weighted by molar-refractivity contribution is 6.02. The fourth-order valence-corrected chi connectivity index (χ4v) is 2.54. The largest absolute Gasteiger partial charge is 0.495 e. The van der Waals surface area contributed by atoms with Gasteiger partial charge in [-0.1, -0.05) is 38.0 Å². The van der Waals surface area contributed by atoms with Gasteiger partial charge in [0.05, 0.1) is 26.5 Å². The summed E-state index contributed by atoms with van der Waals surface area (Å²) in [6.07, 6.45) is 6.52. The topological polar surface area (TPSA) is 56.8 Å². The number of rotatable bonds is 10. The second kappa shape index (κ2) is 10.9. The Morgan fingerprint density at radius 1 is 1.00 bits per heavy atom. The van der Waals surface area contributed by atoms with Crippen molar-refractivity contribution in [2.75, 3.05) is 26.1 Å². The predicted molar refractivity (Wildman–Crippen MR) is 109 cm³/mol. The Kier molecular flexibility index (Phi) is 8.23. The van der Waals surface area contributed by atoms with E-state index in [2.05, 4.69) is 12.2 Å². The first-order valence-corrected chi connectivity index (χ1v) is 9.10. The minimum atomic E-state index is -0.238. The van der Waals surface area contributed by atoms with Gasteiger partial charge in [-0.05, 0) is 42.3 Å². The molecule has 144 valence electrons. The second-order valence-corrected chi connectivity index (χ2v) is 5.99.